The highest BCUT2D eigenvalue weighted by molar-refractivity contribution is 5.74. The third kappa shape index (κ3) is 2.70. The lowest BCUT2D eigenvalue weighted by atomic mass is 10.0. The molecule has 100 valence electrons. The number of nitrogens with zero attached hydrogens (tertiary/aromatic N) is 3. The molecule has 8 nitrogen and oxygen atoms in total. The number of aliphatic carboxylic acids is 1. The number of aliphatic hydroxyl groups excluding tert-OH is 1. The molecule has 0 saturated heterocycles. The van der Waals surface area contributed by atoms with Crippen LogP contribution in [0, 0.1) is 0 Å². The molecule has 2 N–H and O–H groups in total. The van der Waals surface area contributed by atoms with Crippen molar-refractivity contribution in [1.29, 1.82) is 0 Å². The van der Waals surface area contributed by atoms with Gasteiger partial charge in [-0.2, -0.15) is 0 Å². The van der Waals surface area contributed by atoms with Crippen LogP contribution in [0.25, 0.3) is 10.4 Å². The minimum Gasteiger partial charge on any atom is -0.486 e. The van der Waals surface area contributed by atoms with Crippen molar-refractivity contribution in [2.24, 2.45) is 5.11 Å². The van der Waals surface area contributed by atoms with E-state index in [-0.39, 0.29) is 5.56 Å². The summed E-state index contributed by atoms with van der Waals surface area (Å²) < 4.78 is 10.6. The molecule has 2 atom stereocenters. The Morgan fingerprint density at radius 2 is 2.05 bits per heavy atom. The Hall–Kier alpha value is -2.44. The number of hydrogen-bond donors (Lipinski definition) is 2. The van der Waals surface area contributed by atoms with Gasteiger partial charge in [0.05, 0.1) is 6.10 Å². The van der Waals surface area contributed by atoms with E-state index in [4.69, 9.17) is 20.1 Å². The maximum Gasteiger partial charge on any atom is 0.315 e. The summed E-state index contributed by atoms with van der Waals surface area (Å²) in [5.74, 6) is -0.453. The third-order valence-corrected chi connectivity index (χ3v) is 2.64. The molecule has 8 heteroatoms. The van der Waals surface area contributed by atoms with Crippen molar-refractivity contribution in [1.82, 2.24) is 0 Å². The average Bonchev–Trinajstić information content (AvgIpc) is 2.43. The highest BCUT2D eigenvalue weighted by Crippen LogP contribution is 2.33. The average molecular weight is 265 g/mol. The Morgan fingerprint density at radius 1 is 1.37 bits per heavy atom. The zero-order chi connectivity index (χ0) is 13.8. The van der Waals surface area contributed by atoms with E-state index in [1.807, 2.05) is 0 Å². The number of fused-ring (bicyclic) bond motifs is 1. The Kier molecular flexibility index (Phi) is 3.74. The SMILES string of the molecule is [N-]=[N+]=N[C@H](C(=O)O)C(O)c1ccc2c(c1)OCCO2. The van der Waals surface area contributed by atoms with Crippen molar-refractivity contribution in [3.63, 3.8) is 0 Å². The molecule has 1 heterocycles. The Bertz CT molecular complexity index is 539. The van der Waals surface area contributed by atoms with Gasteiger partial charge in [-0.3, -0.25) is 4.79 Å². The third-order valence-electron chi connectivity index (χ3n) is 2.64. The molecule has 0 aliphatic carbocycles. The van der Waals surface area contributed by atoms with E-state index >= 15 is 0 Å². The standard InChI is InChI=1S/C11H11N3O5/c12-14-13-9(11(16)17)10(15)6-1-2-7-8(5-6)19-4-3-18-7/h1-2,5,9-10,15H,3-4H2,(H,16,17)/t9-,10?/m0/s1. The number of carboxylic acids is 1. The number of hydrogen-bond acceptors (Lipinski definition) is 5. The maximum absolute atomic E-state index is 10.9. The van der Waals surface area contributed by atoms with Gasteiger partial charge >= 0.3 is 5.97 Å². The van der Waals surface area contributed by atoms with Crippen LogP contribution >= 0.6 is 0 Å². The number of carboxylic acid groups (broad SMARTS) is 1. The molecular formula is C11H11N3O5. The Morgan fingerprint density at radius 3 is 2.68 bits per heavy atom. The number of azide groups is 1. The molecule has 0 saturated carbocycles. The fourth-order valence-electron chi connectivity index (χ4n) is 1.73. The van der Waals surface area contributed by atoms with E-state index in [0.717, 1.165) is 0 Å². The Balaban J connectivity index is 2.30. The van der Waals surface area contributed by atoms with Crippen LogP contribution in [0.4, 0.5) is 0 Å². The molecule has 0 fully saturated rings. The molecule has 0 radical (unpaired) electrons. The van der Waals surface area contributed by atoms with Crippen LogP contribution in [0.15, 0.2) is 23.3 Å². The highest BCUT2D eigenvalue weighted by Gasteiger charge is 2.27. The summed E-state index contributed by atoms with van der Waals surface area (Å²) in [5, 5.41) is 21.9. The number of ether oxygens (including phenoxy) is 2. The summed E-state index contributed by atoms with van der Waals surface area (Å²) in [6, 6.07) is 2.96. The second kappa shape index (κ2) is 5.47. The van der Waals surface area contributed by atoms with Gasteiger partial charge in [0.15, 0.2) is 17.5 Å². The van der Waals surface area contributed by atoms with Crippen LogP contribution in [0.1, 0.15) is 11.7 Å². The van der Waals surface area contributed by atoms with Gasteiger partial charge < -0.3 is 19.7 Å². The van der Waals surface area contributed by atoms with E-state index in [9.17, 15) is 9.90 Å². The predicted octanol–water partition coefficient (Wildman–Crippen LogP) is 1.25. The van der Waals surface area contributed by atoms with Gasteiger partial charge in [0, 0.05) is 4.91 Å². The minimum absolute atomic E-state index is 0.282. The normalized spacial score (nSPS) is 16.1. The summed E-state index contributed by atoms with van der Waals surface area (Å²) in [6.07, 6.45) is -1.45. The first-order valence-electron chi connectivity index (χ1n) is 5.48. The van der Waals surface area contributed by atoms with Crippen molar-refractivity contribution in [2.75, 3.05) is 13.2 Å². The molecular weight excluding hydrogens is 254 g/mol. The predicted molar refractivity (Wildman–Crippen MR) is 63.0 cm³/mol. The monoisotopic (exact) mass is 265 g/mol. The molecule has 1 aromatic rings. The Labute approximate surface area is 107 Å². The summed E-state index contributed by atoms with van der Waals surface area (Å²) in [6.45, 7) is 0.816. The number of rotatable bonds is 4. The summed E-state index contributed by atoms with van der Waals surface area (Å²) in [5.41, 5.74) is 8.59. The van der Waals surface area contributed by atoms with Gasteiger partial charge in [0.25, 0.3) is 0 Å². The van der Waals surface area contributed by atoms with Gasteiger partial charge in [-0.05, 0) is 23.2 Å². The highest BCUT2D eigenvalue weighted by atomic mass is 16.6. The van der Waals surface area contributed by atoms with Gasteiger partial charge in [-0.1, -0.05) is 11.2 Å². The van der Waals surface area contributed by atoms with Gasteiger partial charge in [-0.25, -0.2) is 0 Å². The molecule has 1 aliphatic rings. The minimum atomic E-state index is -1.59. The van der Waals surface area contributed by atoms with Crippen LogP contribution < -0.4 is 9.47 Å². The summed E-state index contributed by atoms with van der Waals surface area (Å²) in [7, 11) is 0. The topological polar surface area (TPSA) is 125 Å². The van der Waals surface area contributed by atoms with E-state index < -0.39 is 18.1 Å². The van der Waals surface area contributed by atoms with Gasteiger partial charge in [0.2, 0.25) is 0 Å². The van der Waals surface area contributed by atoms with Crippen LogP contribution in [-0.4, -0.2) is 35.4 Å². The van der Waals surface area contributed by atoms with Crippen LogP contribution in [0.3, 0.4) is 0 Å². The van der Waals surface area contributed by atoms with Crippen molar-refractivity contribution in [2.45, 2.75) is 12.1 Å². The molecule has 19 heavy (non-hydrogen) atoms. The molecule has 1 aliphatic heterocycles. The summed E-state index contributed by atoms with van der Waals surface area (Å²) in [4.78, 5) is 13.3. The van der Waals surface area contributed by atoms with Crippen molar-refractivity contribution < 1.29 is 24.5 Å². The van der Waals surface area contributed by atoms with Crippen molar-refractivity contribution in [3.05, 3.63) is 34.2 Å². The first-order chi connectivity index (χ1) is 9.13. The largest absolute Gasteiger partial charge is 0.486 e. The second-order valence-corrected chi connectivity index (χ2v) is 3.84. The zero-order valence-corrected chi connectivity index (χ0v) is 9.76. The van der Waals surface area contributed by atoms with Gasteiger partial charge in [-0.15, -0.1) is 0 Å². The molecule has 2 rings (SSSR count). The van der Waals surface area contributed by atoms with E-state index in [2.05, 4.69) is 10.0 Å². The quantitative estimate of drug-likeness (QED) is 0.481. The molecule has 0 bridgehead atoms. The fraction of sp³-hybridized carbons (Fsp3) is 0.364. The van der Waals surface area contributed by atoms with E-state index in [1.54, 1.807) is 6.07 Å². The lowest BCUT2D eigenvalue weighted by Crippen LogP contribution is -2.25. The number of aliphatic hydroxyl groups is 1. The maximum atomic E-state index is 10.9. The first-order valence-corrected chi connectivity index (χ1v) is 5.48. The fourth-order valence-corrected chi connectivity index (χ4v) is 1.73. The smallest absolute Gasteiger partial charge is 0.315 e. The number of carbonyl (C=O) groups is 1. The second-order valence-electron chi connectivity index (χ2n) is 3.84. The van der Waals surface area contributed by atoms with Crippen molar-refractivity contribution >= 4 is 5.97 Å². The van der Waals surface area contributed by atoms with E-state index in [1.165, 1.54) is 12.1 Å². The van der Waals surface area contributed by atoms with Crippen molar-refractivity contribution in [3.8, 4) is 11.5 Å². The molecule has 0 amide bonds. The lowest BCUT2D eigenvalue weighted by Gasteiger charge is -2.21. The molecule has 0 aromatic heterocycles. The van der Waals surface area contributed by atoms with Crippen LogP contribution in [-0.2, 0) is 4.79 Å². The lowest BCUT2D eigenvalue weighted by molar-refractivity contribution is -0.141. The zero-order valence-electron chi connectivity index (χ0n) is 9.76. The summed E-state index contributed by atoms with van der Waals surface area (Å²) >= 11 is 0. The number of benzene rings is 1. The molecule has 0 spiro atoms. The molecule has 1 aromatic carbocycles. The van der Waals surface area contributed by atoms with E-state index in [0.29, 0.717) is 24.7 Å². The van der Waals surface area contributed by atoms with Crippen LogP contribution in [0.5, 0.6) is 11.5 Å². The van der Waals surface area contributed by atoms with Crippen LogP contribution in [0.2, 0.25) is 0 Å². The molecule has 1 unspecified atom stereocenters. The first kappa shape index (κ1) is 13.0. The van der Waals surface area contributed by atoms with Gasteiger partial charge in [0.1, 0.15) is 13.2 Å².